The van der Waals surface area contributed by atoms with E-state index in [9.17, 15) is 4.79 Å². The molecule has 0 radical (unpaired) electrons. The van der Waals surface area contributed by atoms with E-state index in [2.05, 4.69) is 12.0 Å². The Balaban J connectivity index is 1.69. The van der Waals surface area contributed by atoms with E-state index in [1.54, 1.807) is 31.5 Å². The minimum absolute atomic E-state index is 0.0516. The minimum atomic E-state index is -0.297. The molecule has 0 bridgehead atoms. The monoisotopic (exact) mass is 467 g/mol. The van der Waals surface area contributed by atoms with E-state index in [0.717, 1.165) is 17.4 Å². The minimum Gasteiger partial charge on any atom is -0.496 e. The quantitative estimate of drug-likeness (QED) is 0.279. The van der Waals surface area contributed by atoms with Gasteiger partial charge in [-0.15, -0.1) is 0 Å². The van der Waals surface area contributed by atoms with Crippen molar-refractivity contribution in [3.05, 3.63) is 88.7 Å². The van der Waals surface area contributed by atoms with E-state index in [1.807, 2.05) is 61.5 Å². The van der Waals surface area contributed by atoms with Gasteiger partial charge in [0.15, 0.2) is 5.76 Å². The van der Waals surface area contributed by atoms with Crippen LogP contribution in [0.15, 0.2) is 87.1 Å². The fourth-order valence-electron chi connectivity index (χ4n) is 3.83. The zero-order chi connectivity index (χ0) is 24.4. The van der Waals surface area contributed by atoms with E-state index >= 15 is 0 Å². The molecule has 1 atom stereocenters. The standard InChI is InChI=1S/C28H25N3O4/c1-4-18(2)34-23-13-8-5-10-19(23)17-29-31-27(30-22-12-7-6-11-20(22)28(31)32)26-16-21-24(33-3)14-9-15-25(21)35-26/h5-18H,4H2,1-3H3/t18-/m1/s1. The summed E-state index contributed by atoms with van der Waals surface area (Å²) >= 11 is 0. The van der Waals surface area contributed by atoms with Crippen LogP contribution in [0.4, 0.5) is 0 Å². The Labute approximate surface area is 202 Å². The first kappa shape index (κ1) is 22.4. The van der Waals surface area contributed by atoms with E-state index in [0.29, 0.717) is 39.6 Å². The molecule has 7 heteroatoms. The molecular formula is C28H25N3O4. The molecule has 5 rings (SSSR count). The Morgan fingerprint density at radius 3 is 2.63 bits per heavy atom. The third kappa shape index (κ3) is 4.28. The second kappa shape index (κ2) is 9.46. The van der Waals surface area contributed by atoms with Gasteiger partial charge in [-0.1, -0.05) is 37.3 Å². The van der Waals surface area contributed by atoms with Crippen LogP contribution in [0.5, 0.6) is 11.5 Å². The highest BCUT2D eigenvalue weighted by Gasteiger charge is 2.18. The van der Waals surface area contributed by atoms with Crippen LogP contribution in [-0.4, -0.2) is 29.1 Å². The van der Waals surface area contributed by atoms with Crippen molar-refractivity contribution in [2.75, 3.05) is 7.11 Å². The molecule has 0 unspecified atom stereocenters. The summed E-state index contributed by atoms with van der Waals surface area (Å²) in [4.78, 5) is 18.2. The number of hydrogen-bond acceptors (Lipinski definition) is 6. The van der Waals surface area contributed by atoms with Gasteiger partial charge >= 0.3 is 0 Å². The zero-order valence-electron chi connectivity index (χ0n) is 19.8. The molecule has 0 aliphatic carbocycles. The predicted octanol–water partition coefficient (Wildman–Crippen LogP) is 5.88. The number of para-hydroxylation sites is 2. The van der Waals surface area contributed by atoms with Crippen molar-refractivity contribution >= 4 is 28.1 Å². The first-order valence-electron chi connectivity index (χ1n) is 11.5. The van der Waals surface area contributed by atoms with Crippen LogP contribution in [0.2, 0.25) is 0 Å². The van der Waals surface area contributed by atoms with Crippen molar-refractivity contribution in [2.45, 2.75) is 26.4 Å². The van der Waals surface area contributed by atoms with Gasteiger partial charge in [0.2, 0.25) is 5.82 Å². The molecule has 0 saturated heterocycles. The second-order valence-corrected chi connectivity index (χ2v) is 8.17. The van der Waals surface area contributed by atoms with Crippen molar-refractivity contribution in [1.82, 2.24) is 9.66 Å². The van der Waals surface area contributed by atoms with Crippen LogP contribution in [-0.2, 0) is 0 Å². The summed E-state index contributed by atoms with van der Waals surface area (Å²) < 4.78 is 18.9. The summed E-state index contributed by atoms with van der Waals surface area (Å²) in [7, 11) is 1.61. The lowest BCUT2D eigenvalue weighted by molar-refractivity contribution is 0.217. The van der Waals surface area contributed by atoms with Crippen LogP contribution < -0.4 is 15.0 Å². The topological polar surface area (TPSA) is 78.8 Å². The molecule has 3 aromatic carbocycles. The van der Waals surface area contributed by atoms with Crippen molar-refractivity contribution in [1.29, 1.82) is 0 Å². The number of aromatic nitrogens is 2. The highest BCUT2D eigenvalue weighted by molar-refractivity contribution is 5.89. The van der Waals surface area contributed by atoms with Gasteiger partial charge in [-0.2, -0.15) is 9.78 Å². The maximum atomic E-state index is 13.5. The number of methoxy groups -OCH3 is 1. The van der Waals surface area contributed by atoms with Crippen LogP contribution in [0.3, 0.4) is 0 Å². The molecule has 7 nitrogen and oxygen atoms in total. The smallest absolute Gasteiger partial charge is 0.282 e. The molecule has 0 saturated carbocycles. The van der Waals surface area contributed by atoms with Gasteiger partial charge in [-0.25, -0.2) is 4.98 Å². The lowest BCUT2D eigenvalue weighted by Crippen LogP contribution is -2.20. The Morgan fingerprint density at radius 2 is 1.80 bits per heavy atom. The molecule has 0 N–H and O–H groups in total. The number of benzene rings is 3. The van der Waals surface area contributed by atoms with Crippen LogP contribution in [0.1, 0.15) is 25.8 Å². The van der Waals surface area contributed by atoms with E-state index in [1.165, 1.54) is 4.68 Å². The van der Waals surface area contributed by atoms with Gasteiger partial charge < -0.3 is 13.9 Å². The molecular weight excluding hydrogens is 442 g/mol. The fraction of sp³-hybridized carbons (Fsp3) is 0.179. The lowest BCUT2D eigenvalue weighted by atomic mass is 10.2. The van der Waals surface area contributed by atoms with Gasteiger partial charge in [0.25, 0.3) is 5.56 Å². The first-order valence-corrected chi connectivity index (χ1v) is 11.5. The van der Waals surface area contributed by atoms with Crippen molar-refractivity contribution in [2.24, 2.45) is 5.10 Å². The average Bonchev–Trinajstić information content (AvgIpc) is 3.33. The molecule has 0 spiro atoms. The molecule has 2 aromatic heterocycles. The second-order valence-electron chi connectivity index (χ2n) is 8.17. The Kier molecular flexibility index (Phi) is 6.06. The Hall–Kier alpha value is -4.39. The zero-order valence-corrected chi connectivity index (χ0v) is 19.8. The van der Waals surface area contributed by atoms with Crippen molar-refractivity contribution < 1.29 is 13.9 Å². The number of fused-ring (bicyclic) bond motifs is 2. The van der Waals surface area contributed by atoms with E-state index in [4.69, 9.17) is 18.9 Å². The predicted molar refractivity (Wildman–Crippen MR) is 138 cm³/mol. The number of furan rings is 1. The molecule has 0 aliphatic heterocycles. The summed E-state index contributed by atoms with van der Waals surface area (Å²) in [6.07, 6.45) is 2.54. The molecule has 0 amide bonds. The largest absolute Gasteiger partial charge is 0.496 e. The normalized spacial score (nSPS) is 12.4. The van der Waals surface area contributed by atoms with Crippen molar-refractivity contribution in [3.63, 3.8) is 0 Å². The third-order valence-electron chi connectivity index (χ3n) is 5.85. The number of nitrogens with zero attached hydrogens (tertiary/aromatic N) is 3. The number of hydrogen-bond donors (Lipinski definition) is 0. The SMILES string of the molecule is CC[C@@H](C)Oc1ccccc1C=Nn1c(-c2cc3c(OC)cccc3o2)nc2ccccc2c1=O. The summed E-state index contributed by atoms with van der Waals surface area (Å²) in [5.41, 5.74) is 1.65. The molecule has 2 heterocycles. The molecule has 35 heavy (non-hydrogen) atoms. The highest BCUT2D eigenvalue weighted by Crippen LogP contribution is 2.33. The maximum absolute atomic E-state index is 13.5. The number of rotatable bonds is 7. The highest BCUT2D eigenvalue weighted by atomic mass is 16.5. The average molecular weight is 468 g/mol. The van der Waals surface area contributed by atoms with Gasteiger partial charge in [0.1, 0.15) is 17.1 Å². The van der Waals surface area contributed by atoms with Crippen LogP contribution >= 0.6 is 0 Å². The Bertz CT molecular complexity index is 1600. The summed E-state index contributed by atoms with van der Waals surface area (Å²) in [5.74, 6) is 2.08. The summed E-state index contributed by atoms with van der Waals surface area (Å²) in [6, 6.07) is 22.1. The maximum Gasteiger partial charge on any atom is 0.282 e. The summed E-state index contributed by atoms with van der Waals surface area (Å²) in [6.45, 7) is 4.08. The molecule has 0 fully saturated rings. The Morgan fingerprint density at radius 1 is 1.03 bits per heavy atom. The first-order chi connectivity index (χ1) is 17.1. The van der Waals surface area contributed by atoms with E-state index in [-0.39, 0.29) is 11.7 Å². The van der Waals surface area contributed by atoms with E-state index < -0.39 is 0 Å². The van der Waals surface area contributed by atoms with Gasteiger partial charge in [0, 0.05) is 5.56 Å². The third-order valence-corrected chi connectivity index (χ3v) is 5.85. The van der Waals surface area contributed by atoms with Crippen molar-refractivity contribution in [3.8, 4) is 23.1 Å². The van der Waals surface area contributed by atoms with Gasteiger partial charge in [0.05, 0.1) is 35.7 Å². The van der Waals surface area contributed by atoms with Gasteiger partial charge in [-0.05, 0) is 55.8 Å². The molecule has 5 aromatic rings. The fourth-order valence-corrected chi connectivity index (χ4v) is 3.83. The molecule has 176 valence electrons. The number of ether oxygens (including phenoxy) is 2. The lowest BCUT2D eigenvalue weighted by Gasteiger charge is -2.14. The molecule has 0 aliphatic rings. The summed E-state index contributed by atoms with van der Waals surface area (Å²) in [5, 5.41) is 5.81. The van der Waals surface area contributed by atoms with Gasteiger partial charge in [-0.3, -0.25) is 4.79 Å². The van der Waals surface area contributed by atoms with Crippen LogP contribution in [0.25, 0.3) is 33.5 Å². The van der Waals surface area contributed by atoms with Crippen LogP contribution in [0, 0.1) is 0 Å².